The molecule has 2 aromatic carbocycles. The highest BCUT2D eigenvalue weighted by atomic mass is 32.1. The molecule has 8 heteroatoms. The normalized spacial score (nSPS) is 12.3. The highest BCUT2D eigenvalue weighted by Crippen LogP contribution is 2.45. The number of rotatable bonds is 5. The van der Waals surface area contributed by atoms with Crippen LogP contribution in [0.5, 0.6) is 5.75 Å². The molecule has 0 fully saturated rings. The number of thiazole rings is 1. The molecule has 1 heterocycles. The van der Waals surface area contributed by atoms with E-state index in [2.05, 4.69) is 25.8 Å². The lowest BCUT2D eigenvalue weighted by Crippen LogP contribution is -2.11. The van der Waals surface area contributed by atoms with Crippen LogP contribution in [0.3, 0.4) is 0 Å². The Kier molecular flexibility index (Phi) is 6.32. The third-order valence-corrected chi connectivity index (χ3v) is 5.65. The molecule has 0 bridgehead atoms. The Balaban J connectivity index is 2.08. The molecule has 0 saturated heterocycles. The van der Waals surface area contributed by atoms with Crippen molar-refractivity contribution in [1.29, 1.82) is 0 Å². The van der Waals surface area contributed by atoms with Crippen LogP contribution in [-0.4, -0.2) is 11.6 Å². The van der Waals surface area contributed by atoms with Gasteiger partial charge in [0.15, 0.2) is 5.13 Å². The first-order valence-electron chi connectivity index (χ1n) is 9.72. The fourth-order valence-corrected chi connectivity index (χ4v) is 4.00. The minimum atomic E-state index is -4.57. The summed E-state index contributed by atoms with van der Waals surface area (Å²) in [5, 5.41) is 0.0980. The van der Waals surface area contributed by atoms with E-state index in [9.17, 15) is 17.6 Å². The molecule has 0 aliphatic carbocycles. The highest BCUT2D eigenvalue weighted by Gasteiger charge is 2.35. The number of alkyl halides is 3. The summed E-state index contributed by atoms with van der Waals surface area (Å²) in [6.07, 6.45) is -3.81. The Morgan fingerprint density at radius 3 is 2.45 bits per heavy atom. The second-order valence-electron chi connectivity index (χ2n) is 8.56. The van der Waals surface area contributed by atoms with Crippen molar-refractivity contribution >= 4 is 16.5 Å². The van der Waals surface area contributed by atoms with Crippen LogP contribution in [-0.2, 0) is 6.18 Å². The smallest absolute Gasteiger partial charge is 0.417 e. The lowest BCUT2D eigenvalue weighted by atomic mass is 9.93. The number of nitrogens with two attached hydrogens (primary N) is 1. The van der Waals surface area contributed by atoms with E-state index in [0.29, 0.717) is 28.4 Å². The number of nitrogens with zero attached hydrogens (tertiary/aromatic N) is 1. The van der Waals surface area contributed by atoms with Gasteiger partial charge in [-0.2, -0.15) is 13.2 Å². The Bertz CT molecular complexity index is 1080. The van der Waals surface area contributed by atoms with Gasteiger partial charge in [0.1, 0.15) is 11.6 Å². The summed E-state index contributed by atoms with van der Waals surface area (Å²) >= 11 is 1.01. The van der Waals surface area contributed by atoms with Crippen LogP contribution in [0.15, 0.2) is 36.4 Å². The van der Waals surface area contributed by atoms with E-state index in [1.165, 1.54) is 18.2 Å². The lowest BCUT2D eigenvalue weighted by Gasteiger charge is -2.18. The van der Waals surface area contributed by atoms with Gasteiger partial charge in [-0.05, 0) is 42.5 Å². The molecular weight excluding hydrogens is 428 g/mol. The van der Waals surface area contributed by atoms with Crippen LogP contribution in [0.4, 0.5) is 22.7 Å². The van der Waals surface area contributed by atoms with E-state index in [-0.39, 0.29) is 21.8 Å². The Hall–Kier alpha value is -2.61. The summed E-state index contributed by atoms with van der Waals surface area (Å²) in [4.78, 5) is 4.54. The van der Waals surface area contributed by atoms with E-state index in [1.54, 1.807) is 19.1 Å². The van der Waals surface area contributed by atoms with Gasteiger partial charge in [-0.25, -0.2) is 9.37 Å². The molecule has 3 rings (SSSR count). The standard InChI is InChI=1S/C23H24F4N2OS/c1-13-6-5-7-17(23(25,26)27)18(13)19-20(31-21(28)29-19)14-10-15(24)12-16(11-14)30-9-8-22(2,3)4/h5-7,10-12H,8-9H2,1-4H3,(H2,28,29). The molecule has 0 aliphatic heterocycles. The van der Waals surface area contributed by atoms with Crippen molar-refractivity contribution in [1.82, 2.24) is 4.98 Å². The van der Waals surface area contributed by atoms with Crippen molar-refractivity contribution in [2.75, 3.05) is 12.3 Å². The van der Waals surface area contributed by atoms with Crippen LogP contribution in [0, 0.1) is 18.2 Å². The first kappa shape index (κ1) is 23.1. The number of aromatic nitrogens is 1. The zero-order valence-electron chi connectivity index (χ0n) is 17.7. The Morgan fingerprint density at radius 1 is 1.10 bits per heavy atom. The molecule has 0 spiro atoms. The topological polar surface area (TPSA) is 48.1 Å². The molecule has 0 unspecified atom stereocenters. The maximum absolute atomic E-state index is 14.4. The molecule has 1 aromatic heterocycles. The van der Waals surface area contributed by atoms with Gasteiger partial charge in [-0.3, -0.25) is 0 Å². The van der Waals surface area contributed by atoms with Crippen molar-refractivity contribution in [2.45, 2.75) is 40.3 Å². The number of nitrogen functional groups attached to an aromatic ring is 1. The number of halogens is 4. The monoisotopic (exact) mass is 452 g/mol. The highest BCUT2D eigenvalue weighted by molar-refractivity contribution is 7.19. The maximum Gasteiger partial charge on any atom is 0.417 e. The molecule has 166 valence electrons. The van der Waals surface area contributed by atoms with Crippen molar-refractivity contribution in [3.8, 4) is 27.4 Å². The van der Waals surface area contributed by atoms with E-state index < -0.39 is 17.6 Å². The molecule has 31 heavy (non-hydrogen) atoms. The van der Waals surface area contributed by atoms with Gasteiger partial charge >= 0.3 is 6.18 Å². The Labute approximate surface area is 182 Å². The predicted octanol–water partition coefficient (Wildman–Crippen LogP) is 7.34. The molecule has 0 atom stereocenters. The summed E-state index contributed by atoms with van der Waals surface area (Å²) in [6.45, 7) is 8.18. The van der Waals surface area contributed by atoms with Gasteiger partial charge in [0, 0.05) is 17.2 Å². The molecule has 0 radical (unpaired) electrons. The first-order chi connectivity index (χ1) is 14.3. The average molecular weight is 453 g/mol. The fraction of sp³-hybridized carbons (Fsp3) is 0.348. The quantitative estimate of drug-likeness (QED) is 0.412. The van der Waals surface area contributed by atoms with Gasteiger partial charge in [0.05, 0.1) is 22.7 Å². The molecule has 3 nitrogen and oxygen atoms in total. The largest absolute Gasteiger partial charge is 0.493 e. The molecule has 2 N–H and O–H groups in total. The fourth-order valence-electron chi connectivity index (χ4n) is 3.17. The van der Waals surface area contributed by atoms with E-state index in [1.807, 2.05) is 0 Å². The van der Waals surface area contributed by atoms with Crippen LogP contribution < -0.4 is 10.5 Å². The zero-order valence-corrected chi connectivity index (χ0v) is 18.5. The number of hydrogen-bond donors (Lipinski definition) is 1. The molecule has 3 aromatic rings. The third kappa shape index (κ3) is 5.55. The number of hydrogen-bond acceptors (Lipinski definition) is 4. The molecule has 0 amide bonds. The van der Waals surface area contributed by atoms with Gasteiger partial charge in [0.2, 0.25) is 0 Å². The second-order valence-corrected chi connectivity index (χ2v) is 9.59. The molecule has 0 saturated carbocycles. The van der Waals surface area contributed by atoms with Gasteiger partial charge in [0.25, 0.3) is 0 Å². The maximum atomic E-state index is 14.4. The average Bonchev–Trinajstić information content (AvgIpc) is 3.00. The van der Waals surface area contributed by atoms with Crippen LogP contribution >= 0.6 is 11.3 Å². The summed E-state index contributed by atoms with van der Waals surface area (Å²) in [7, 11) is 0. The summed E-state index contributed by atoms with van der Waals surface area (Å²) in [6, 6.07) is 8.04. The molecular formula is C23H24F4N2OS. The van der Waals surface area contributed by atoms with Crippen LogP contribution in [0.1, 0.15) is 38.3 Å². The lowest BCUT2D eigenvalue weighted by molar-refractivity contribution is -0.137. The summed E-state index contributed by atoms with van der Waals surface area (Å²) < 4.78 is 61.1. The van der Waals surface area contributed by atoms with Crippen LogP contribution in [0.2, 0.25) is 0 Å². The minimum Gasteiger partial charge on any atom is -0.493 e. The number of ether oxygens (including phenoxy) is 1. The van der Waals surface area contributed by atoms with Crippen molar-refractivity contribution < 1.29 is 22.3 Å². The first-order valence-corrected chi connectivity index (χ1v) is 10.5. The van der Waals surface area contributed by atoms with Gasteiger partial charge in [-0.1, -0.05) is 44.2 Å². The number of aryl methyl sites for hydroxylation is 1. The SMILES string of the molecule is Cc1cccc(C(F)(F)F)c1-c1nc(N)sc1-c1cc(F)cc(OCCC(C)(C)C)c1. The van der Waals surface area contributed by atoms with E-state index in [4.69, 9.17) is 10.5 Å². The van der Waals surface area contributed by atoms with Crippen molar-refractivity contribution in [3.63, 3.8) is 0 Å². The van der Waals surface area contributed by atoms with E-state index >= 15 is 0 Å². The van der Waals surface area contributed by atoms with Crippen molar-refractivity contribution in [3.05, 3.63) is 53.3 Å². The Morgan fingerprint density at radius 2 is 1.81 bits per heavy atom. The number of anilines is 1. The summed E-state index contributed by atoms with van der Waals surface area (Å²) in [5.74, 6) is -0.250. The number of benzene rings is 2. The predicted molar refractivity (Wildman–Crippen MR) is 117 cm³/mol. The third-order valence-electron chi connectivity index (χ3n) is 4.71. The van der Waals surface area contributed by atoms with Gasteiger partial charge in [-0.15, -0.1) is 0 Å². The summed E-state index contributed by atoms with van der Waals surface area (Å²) in [5.41, 5.74) is 5.90. The second kappa shape index (κ2) is 8.49. The van der Waals surface area contributed by atoms with E-state index in [0.717, 1.165) is 23.8 Å². The molecule has 0 aliphatic rings. The van der Waals surface area contributed by atoms with Crippen molar-refractivity contribution in [2.24, 2.45) is 5.41 Å². The zero-order chi connectivity index (χ0) is 23.0. The van der Waals surface area contributed by atoms with Gasteiger partial charge < -0.3 is 10.5 Å². The minimum absolute atomic E-state index is 0.0499. The van der Waals surface area contributed by atoms with Crippen LogP contribution in [0.25, 0.3) is 21.7 Å².